The monoisotopic (exact) mass is 379 g/mol. The second-order valence-electron chi connectivity index (χ2n) is 5.82. The minimum absolute atomic E-state index is 0.433. The number of hydrogen-bond donors (Lipinski definition) is 2. The van der Waals surface area contributed by atoms with Gasteiger partial charge in [-0.15, -0.1) is 0 Å². The smallest absolute Gasteiger partial charge is 0.314 e. The predicted octanol–water partition coefficient (Wildman–Crippen LogP) is 3.61. The van der Waals surface area contributed by atoms with Gasteiger partial charge in [-0.05, 0) is 38.1 Å². The lowest BCUT2D eigenvalue weighted by atomic mass is 10.2. The summed E-state index contributed by atoms with van der Waals surface area (Å²) in [6.07, 6.45) is 1.63. The van der Waals surface area contributed by atoms with Crippen LogP contribution in [0.15, 0.2) is 54.7 Å². The highest BCUT2D eigenvalue weighted by Gasteiger charge is 2.16. The fraction of sp³-hybridized carbons (Fsp3) is 0.190. The molecule has 7 nitrogen and oxygen atoms in total. The van der Waals surface area contributed by atoms with Crippen LogP contribution in [0.1, 0.15) is 13.8 Å². The standard InChI is InChI=1S/C21H21N3O4/c1-3-27-17-11-10-15(13-18(17)28-4-2)23-20(25)21(26)24-16-9-5-7-14-8-6-12-22-19(14)16/h5-13H,3-4H2,1-2H3,(H,23,25)(H,24,26). The number of aromatic nitrogens is 1. The van der Waals surface area contributed by atoms with E-state index in [0.717, 1.165) is 5.39 Å². The van der Waals surface area contributed by atoms with Crippen LogP contribution in [-0.2, 0) is 9.59 Å². The number of fused-ring (bicyclic) bond motifs is 1. The number of anilines is 2. The molecule has 0 spiro atoms. The van der Waals surface area contributed by atoms with Crippen molar-refractivity contribution in [1.82, 2.24) is 4.98 Å². The molecule has 3 aromatic rings. The molecule has 0 radical (unpaired) electrons. The highest BCUT2D eigenvalue weighted by atomic mass is 16.5. The molecule has 1 heterocycles. The van der Waals surface area contributed by atoms with Gasteiger partial charge in [-0.3, -0.25) is 14.6 Å². The van der Waals surface area contributed by atoms with E-state index in [2.05, 4.69) is 15.6 Å². The molecule has 144 valence electrons. The summed E-state index contributed by atoms with van der Waals surface area (Å²) in [6.45, 7) is 4.67. The number of pyridine rings is 1. The number of carbonyl (C=O) groups is 2. The third-order valence-corrected chi connectivity index (χ3v) is 3.89. The van der Waals surface area contributed by atoms with Crippen LogP contribution in [0.5, 0.6) is 11.5 Å². The molecule has 0 bridgehead atoms. The molecule has 1 aromatic heterocycles. The lowest BCUT2D eigenvalue weighted by Gasteiger charge is -2.13. The molecule has 3 rings (SSSR count). The van der Waals surface area contributed by atoms with Crippen LogP contribution in [0.4, 0.5) is 11.4 Å². The van der Waals surface area contributed by atoms with E-state index in [9.17, 15) is 9.59 Å². The van der Waals surface area contributed by atoms with Gasteiger partial charge in [0.25, 0.3) is 0 Å². The van der Waals surface area contributed by atoms with Crippen LogP contribution in [0.3, 0.4) is 0 Å². The Labute approximate surface area is 162 Å². The van der Waals surface area contributed by atoms with Crippen molar-refractivity contribution < 1.29 is 19.1 Å². The first-order valence-electron chi connectivity index (χ1n) is 8.98. The molecule has 0 atom stereocenters. The predicted molar refractivity (Wildman–Crippen MR) is 108 cm³/mol. The molecule has 0 unspecified atom stereocenters. The maximum absolute atomic E-state index is 12.3. The van der Waals surface area contributed by atoms with Gasteiger partial charge in [-0.2, -0.15) is 0 Å². The molecule has 2 N–H and O–H groups in total. The molecule has 0 saturated carbocycles. The van der Waals surface area contributed by atoms with Gasteiger partial charge in [0.2, 0.25) is 0 Å². The van der Waals surface area contributed by atoms with E-state index < -0.39 is 11.8 Å². The first-order chi connectivity index (χ1) is 13.6. The van der Waals surface area contributed by atoms with Gasteiger partial charge >= 0.3 is 11.8 Å². The van der Waals surface area contributed by atoms with E-state index in [1.54, 1.807) is 36.5 Å². The van der Waals surface area contributed by atoms with Gasteiger partial charge in [-0.25, -0.2) is 0 Å². The van der Waals surface area contributed by atoms with Crippen molar-refractivity contribution in [3.63, 3.8) is 0 Å². The fourth-order valence-electron chi connectivity index (χ4n) is 2.70. The zero-order valence-corrected chi connectivity index (χ0v) is 15.7. The Bertz CT molecular complexity index is 999. The average Bonchev–Trinajstić information content (AvgIpc) is 2.70. The summed E-state index contributed by atoms with van der Waals surface area (Å²) in [5.74, 6) is -0.501. The Morgan fingerprint density at radius 3 is 2.39 bits per heavy atom. The second-order valence-corrected chi connectivity index (χ2v) is 5.82. The van der Waals surface area contributed by atoms with Crippen molar-refractivity contribution in [2.45, 2.75) is 13.8 Å². The van der Waals surface area contributed by atoms with E-state index in [-0.39, 0.29) is 0 Å². The van der Waals surface area contributed by atoms with Crippen molar-refractivity contribution >= 4 is 34.1 Å². The number of rotatable bonds is 6. The molecule has 0 fully saturated rings. The Kier molecular flexibility index (Phi) is 6.06. The zero-order chi connectivity index (χ0) is 19.9. The molecule has 28 heavy (non-hydrogen) atoms. The van der Waals surface area contributed by atoms with Crippen LogP contribution in [0.25, 0.3) is 10.9 Å². The number of nitrogens with zero attached hydrogens (tertiary/aromatic N) is 1. The van der Waals surface area contributed by atoms with Crippen molar-refractivity contribution in [3.8, 4) is 11.5 Å². The van der Waals surface area contributed by atoms with E-state index in [1.807, 2.05) is 32.0 Å². The molecule has 0 aliphatic rings. The minimum Gasteiger partial charge on any atom is -0.490 e. The van der Waals surface area contributed by atoms with Crippen molar-refractivity contribution in [2.24, 2.45) is 0 Å². The molecular formula is C21H21N3O4. The maximum atomic E-state index is 12.3. The largest absolute Gasteiger partial charge is 0.490 e. The highest BCUT2D eigenvalue weighted by Crippen LogP contribution is 2.30. The molecule has 0 aliphatic heterocycles. The minimum atomic E-state index is -0.792. The Hall–Kier alpha value is -3.61. The normalized spacial score (nSPS) is 10.4. The van der Waals surface area contributed by atoms with E-state index in [4.69, 9.17) is 9.47 Å². The SMILES string of the molecule is CCOc1ccc(NC(=O)C(=O)Nc2cccc3cccnc23)cc1OCC. The highest BCUT2D eigenvalue weighted by molar-refractivity contribution is 6.44. The summed E-state index contributed by atoms with van der Waals surface area (Å²) in [4.78, 5) is 28.9. The van der Waals surface area contributed by atoms with Crippen molar-refractivity contribution in [1.29, 1.82) is 0 Å². The summed E-state index contributed by atoms with van der Waals surface area (Å²) in [5.41, 5.74) is 1.52. The molecule has 7 heteroatoms. The van der Waals surface area contributed by atoms with E-state index in [1.165, 1.54) is 0 Å². The van der Waals surface area contributed by atoms with E-state index >= 15 is 0 Å². The molecule has 2 amide bonds. The summed E-state index contributed by atoms with van der Waals surface area (Å²) in [7, 11) is 0. The summed E-state index contributed by atoms with van der Waals surface area (Å²) >= 11 is 0. The first-order valence-corrected chi connectivity index (χ1v) is 8.98. The second kappa shape index (κ2) is 8.85. The lowest BCUT2D eigenvalue weighted by molar-refractivity contribution is -0.132. The average molecular weight is 379 g/mol. The zero-order valence-electron chi connectivity index (χ0n) is 15.7. The fourth-order valence-corrected chi connectivity index (χ4v) is 2.70. The number of ether oxygens (including phenoxy) is 2. The van der Waals surface area contributed by atoms with Gasteiger partial charge in [-0.1, -0.05) is 18.2 Å². The van der Waals surface area contributed by atoms with Gasteiger partial charge in [0.1, 0.15) is 0 Å². The first kappa shape index (κ1) is 19.2. The van der Waals surface area contributed by atoms with Gasteiger partial charge in [0.05, 0.1) is 24.4 Å². The maximum Gasteiger partial charge on any atom is 0.314 e. The number of hydrogen-bond acceptors (Lipinski definition) is 5. The van der Waals surface area contributed by atoms with Gasteiger partial charge in [0, 0.05) is 23.3 Å². The van der Waals surface area contributed by atoms with Crippen LogP contribution >= 0.6 is 0 Å². The van der Waals surface area contributed by atoms with Crippen LogP contribution in [0, 0.1) is 0 Å². The Balaban J connectivity index is 1.73. The Morgan fingerprint density at radius 1 is 0.893 bits per heavy atom. The number of nitrogens with one attached hydrogen (secondary N) is 2. The van der Waals surface area contributed by atoms with Crippen LogP contribution < -0.4 is 20.1 Å². The summed E-state index contributed by atoms with van der Waals surface area (Å²) < 4.78 is 11.0. The Morgan fingerprint density at radius 2 is 1.61 bits per heavy atom. The van der Waals surface area contributed by atoms with Crippen LogP contribution in [-0.4, -0.2) is 30.0 Å². The molecule has 2 aromatic carbocycles. The van der Waals surface area contributed by atoms with Gasteiger partial charge < -0.3 is 20.1 Å². The number of carbonyl (C=O) groups excluding carboxylic acids is 2. The van der Waals surface area contributed by atoms with Gasteiger partial charge in [0.15, 0.2) is 11.5 Å². The third-order valence-electron chi connectivity index (χ3n) is 3.89. The molecular weight excluding hydrogens is 358 g/mol. The summed E-state index contributed by atoms with van der Waals surface area (Å²) in [6, 6.07) is 14.0. The quantitative estimate of drug-likeness (QED) is 0.639. The molecule has 0 saturated heterocycles. The summed E-state index contributed by atoms with van der Waals surface area (Å²) in [5, 5.41) is 6.05. The third kappa shape index (κ3) is 4.37. The number of benzene rings is 2. The van der Waals surface area contributed by atoms with Crippen LogP contribution in [0.2, 0.25) is 0 Å². The van der Waals surface area contributed by atoms with Crippen molar-refractivity contribution in [3.05, 3.63) is 54.7 Å². The lowest BCUT2D eigenvalue weighted by Crippen LogP contribution is -2.29. The number of amides is 2. The van der Waals surface area contributed by atoms with Crippen molar-refractivity contribution in [2.75, 3.05) is 23.8 Å². The topological polar surface area (TPSA) is 89.5 Å². The number of para-hydroxylation sites is 1. The molecule has 0 aliphatic carbocycles. The van der Waals surface area contributed by atoms with E-state index in [0.29, 0.717) is 41.6 Å².